The van der Waals surface area contributed by atoms with Crippen LogP contribution < -0.4 is 15.8 Å². The largest absolute Gasteiger partial charge is 0.485 e. The third-order valence-electron chi connectivity index (χ3n) is 2.23. The number of nitrogens with two attached hydrogens (primary N) is 1. The van der Waals surface area contributed by atoms with Crippen LogP contribution in [0.15, 0.2) is 12.1 Å². The molecule has 1 aliphatic heterocycles. The average Bonchev–Trinajstić information content (AvgIpc) is 2.53. The standard InChI is InChI=1S/C10H10F2N2O2/c11-9(12)4-16-8-3-7-5(1-6(8)13)2-10(15)14-7/h1,3,9H,2,4,13H2,(H,14,15). The molecule has 3 N–H and O–H groups in total. The molecule has 1 aromatic rings. The van der Waals surface area contributed by atoms with E-state index in [0.717, 1.165) is 5.56 Å². The highest BCUT2D eigenvalue weighted by Gasteiger charge is 2.20. The minimum Gasteiger partial charge on any atom is -0.485 e. The number of alkyl halides is 2. The van der Waals surface area contributed by atoms with Crippen molar-refractivity contribution in [3.63, 3.8) is 0 Å². The first-order valence-corrected chi connectivity index (χ1v) is 4.69. The molecule has 2 rings (SSSR count). The molecule has 1 aromatic carbocycles. The predicted octanol–water partition coefficient (Wildman–Crippen LogP) is 1.41. The van der Waals surface area contributed by atoms with E-state index >= 15 is 0 Å². The Morgan fingerprint density at radius 1 is 1.50 bits per heavy atom. The van der Waals surface area contributed by atoms with Crippen LogP contribution in [0.3, 0.4) is 0 Å². The van der Waals surface area contributed by atoms with E-state index in [0.29, 0.717) is 5.69 Å². The van der Waals surface area contributed by atoms with Crippen LogP contribution in [0.2, 0.25) is 0 Å². The molecule has 0 fully saturated rings. The first kappa shape index (κ1) is 10.7. The van der Waals surface area contributed by atoms with Gasteiger partial charge in [-0.2, -0.15) is 0 Å². The lowest BCUT2D eigenvalue weighted by atomic mass is 10.1. The first-order valence-electron chi connectivity index (χ1n) is 4.69. The van der Waals surface area contributed by atoms with Crippen LogP contribution >= 0.6 is 0 Å². The van der Waals surface area contributed by atoms with Crippen molar-refractivity contribution >= 4 is 17.3 Å². The third-order valence-corrected chi connectivity index (χ3v) is 2.23. The molecule has 86 valence electrons. The van der Waals surface area contributed by atoms with Crippen LogP contribution in [-0.2, 0) is 11.2 Å². The number of nitrogen functional groups attached to an aromatic ring is 1. The normalized spacial score (nSPS) is 13.8. The van der Waals surface area contributed by atoms with Gasteiger partial charge in [0, 0.05) is 11.8 Å². The maximum absolute atomic E-state index is 12.0. The molecule has 0 radical (unpaired) electrons. The lowest BCUT2D eigenvalue weighted by Gasteiger charge is -2.10. The van der Waals surface area contributed by atoms with E-state index in [1.807, 2.05) is 0 Å². The summed E-state index contributed by atoms with van der Waals surface area (Å²) in [6.45, 7) is -0.711. The molecule has 0 aliphatic carbocycles. The van der Waals surface area contributed by atoms with Gasteiger partial charge in [-0.15, -0.1) is 0 Å². The number of hydrogen-bond acceptors (Lipinski definition) is 3. The Labute approximate surface area is 90.4 Å². The Morgan fingerprint density at radius 2 is 2.25 bits per heavy atom. The monoisotopic (exact) mass is 228 g/mol. The topological polar surface area (TPSA) is 64.3 Å². The molecule has 0 unspecified atom stereocenters. The Bertz CT molecular complexity index is 435. The zero-order valence-corrected chi connectivity index (χ0v) is 8.30. The van der Waals surface area contributed by atoms with Crippen molar-refractivity contribution in [3.8, 4) is 5.75 Å². The number of ether oxygens (including phenoxy) is 1. The molecule has 0 saturated heterocycles. The van der Waals surface area contributed by atoms with Crippen molar-refractivity contribution in [2.45, 2.75) is 12.8 Å². The van der Waals surface area contributed by atoms with Gasteiger partial charge in [-0.1, -0.05) is 0 Å². The summed E-state index contributed by atoms with van der Waals surface area (Å²) >= 11 is 0. The molecular formula is C10H10F2N2O2. The number of carbonyl (C=O) groups excluding carboxylic acids is 1. The van der Waals surface area contributed by atoms with Crippen molar-refractivity contribution in [1.29, 1.82) is 0 Å². The van der Waals surface area contributed by atoms with E-state index in [2.05, 4.69) is 5.32 Å². The van der Waals surface area contributed by atoms with Gasteiger partial charge in [0.05, 0.1) is 12.1 Å². The van der Waals surface area contributed by atoms with E-state index in [4.69, 9.17) is 10.5 Å². The quantitative estimate of drug-likeness (QED) is 0.769. The van der Waals surface area contributed by atoms with Gasteiger partial charge in [0.25, 0.3) is 6.43 Å². The van der Waals surface area contributed by atoms with E-state index < -0.39 is 13.0 Å². The van der Waals surface area contributed by atoms with Crippen molar-refractivity contribution in [3.05, 3.63) is 17.7 Å². The molecule has 0 saturated carbocycles. The molecule has 1 aliphatic rings. The number of halogens is 2. The maximum Gasteiger partial charge on any atom is 0.272 e. The number of anilines is 2. The highest BCUT2D eigenvalue weighted by molar-refractivity contribution is 6.00. The fourth-order valence-electron chi connectivity index (χ4n) is 1.55. The summed E-state index contributed by atoms with van der Waals surface area (Å²) in [5.41, 5.74) is 7.21. The van der Waals surface area contributed by atoms with Gasteiger partial charge in [0.1, 0.15) is 12.4 Å². The highest BCUT2D eigenvalue weighted by Crippen LogP contribution is 2.33. The number of hydrogen-bond donors (Lipinski definition) is 2. The number of carbonyl (C=O) groups is 1. The van der Waals surface area contributed by atoms with E-state index in [-0.39, 0.29) is 23.8 Å². The van der Waals surface area contributed by atoms with Gasteiger partial charge in [-0.3, -0.25) is 4.79 Å². The van der Waals surface area contributed by atoms with Crippen LogP contribution in [-0.4, -0.2) is 18.9 Å². The van der Waals surface area contributed by atoms with Crippen molar-refractivity contribution in [2.75, 3.05) is 17.7 Å². The molecular weight excluding hydrogens is 218 g/mol. The van der Waals surface area contributed by atoms with Crippen molar-refractivity contribution in [2.24, 2.45) is 0 Å². The van der Waals surface area contributed by atoms with Crippen LogP contribution in [0.25, 0.3) is 0 Å². The van der Waals surface area contributed by atoms with Crippen LogP contribution in [0.5, 0.6) is 5.75 Å². The van der Waals surface area contributed by atoms with E-state index in [1.165, 1.54) is 6.07 Å². The summed E-state index contributed by atoms with van der Waals surface area (Å²) in [6, 6.07) is 3.03. The zero-order chi connectivity index (χ0) is 11.7. The Morgan fingerprint density at radius 3 is 2.94 bits per heavy atom. The van der Waals surface area contributed by atoms with Gasteiger partial charge in [-0.05, 0) is 11.6 Å². The van der Waals surface area contributed by atoms with Gasteiger partial charge in [0.15, 0.2) is 0 Å². The third kappa shape index (κ3) is 2.05. The van der Waals surface area contributed by atoms with Crippen LogP contribution in [0, 0.1) is 0 Å². The van der Waals surface area contributed by atoms with Gasteiger partial charge in [0.2, 0.25) is 5.91 Å². The smallest absolute Gasteiger partial charge is 0.272 e. The summed E-state index contributed by atoms with van der Waals surface area (Å²) in [5, 5.41) is 2.59. The second-order valence-corrected chi connectivity index (χ2v) is 3.47. The maximum atomic E-state index is 12.0. The summed E-state index contributed by atoms with van der Waals surface area (Å²) in [6.07, 6.45) is -2.29. The average molecular weight is 228 g/mol. The Balaban J connectivity index is 2.21. The van der Waals surface area contributed by atoms with Crippen molar-refractivity contribution < 1.29 is 18.3 Å². The molecule has 1 heterocycles. The second kappa shape index (κ2) is 3.96. The molecule has 6 heteroatoms. The van der Waals surface area contributed by atoms with Crippen LogP contribution in [0.1, 0.15) is 5.56 Å². The summed E-state index contributed by atoms with van der Waals surface area (Å²) in [4.78, 5) is 11.1. The molecule has 0 atom stereocenters. The van der Waals surface area contributed by atoms with E-state index in [1.54, 1.807) is 6.07 Å². The summed E-state index contributed by atoms with van der Waals surface area (Å²) < 4.78 is 28.7. The molecule has 16 heavy (non-hydrogen) atoms. The fraction of sp³-hybridized carbons (Fsp3) is 0.300. The minimum atomic E-state index is -2.55. The molecule has 1 amide bonds. The zero-order valence-electron chi connectivity index (χ0n) is 8.30. The fourth-order valence-corrected chi connectivity index (χ4v) is 1.55. The number of nitrogens with one attached hydrogen (secondary N) is 1. The predicted molar refractivity (Wildman–Crippen MR) is 54.7 cm³/mol. The molecule has 4 nitrogen and oxygen atoms in total. The second-order valence-electron chi connectivity index (χ2n) is 3.47. The summed E-state index contributed by atoms with van der Waals surface area (Å²) in [5.74, 6) is 0.0293. The van der Waals surface area contributed by atoms with Crippen LogP contribution in [0.4, 0.5) is 20.2 Å². The molecule has 0 aromatic heterocycles. The minimum absolute atomic E-state index is 0.139. The van der Waals surface area contributed by atoms with Crippen molar-refractivity contribution in [1.82, 2.24) is 0 Å². The lowest BCUT2D eigenvalue weighted by Crippen LogP contribution is -2.08. The lowest BCUT2D eigenvalue weighted by molar-refractivity contribution is -0.115. The Kier molecular flexibility index (Phi) is 2.64. The van der Waals surface area contributed by atoms with E-state index in [9.17, 15) is 13.6 Å². The number of benzene rings is 1. The number of rotatable bonds is 3. The number of fused-ring (bicyclic) bond motifs is 1. The number of amides is 1. The SMILES string of the molecule is Nc1cc2c(cc1OCC(F)F)NC(=O)C2. The van der Waals surface area contributed by atoms with Gasteiger partial charge in [-0.25, -0.2) is 8.78 Å². The highest BCUT2D eigenvalue weighted by atomic mass is 19.3. The molecule has 0 bridgehead atoms. The van der Waals surface area contributed by atoms with Gasteiger partial charge >= 0.3 is 0 Å². The Hall–Kier alpha value is -1.85. The van der Waals surface area contributed by atoms with Gasteiger partial charge < -0.3 is 15.8 Å². The first-order chi connectivity index (χ1) is 7.56. The molecule has 0 spiro atoms. The summed E-state index contributed by atoms with van der Waals surface area (Å²) in [7, 11) is 0.